The average molecular weight is 419 g/mol. The fourth-order valence-electron chi connectivity index (χ4n) is 4.11. The molecule has 0 N–H and O–H groups in total. The van der Waals surface area contributed by atoms with Crippen molar-refractivity contribution in [3.8, 4) is 0 Å². The molecule has 0 aliphatic carbocycles. The molecule has 1 aromatic heterocycles. The molecule has 2 aliphatic heterocycles. The van der Waals surface area contributed by atoms with Crippen LogP contribution in [0, 0.1) is 6.92 Å². The Hall–Kier alpha value is -1.70. The summed E-state index contributed by atoms with van der Waals surface area (Å²) in [5.41, 5.74) is 2.94. The van der Waals surface area contributed by atoms with E-state index < -0.39 is 10.0 Å². The molecular formula is C21H26N2O3S2. The van der Waals surface area contributed by atoms with Crippen molar-refractivity contribution in [1.82, 2.24) is 4.31 Å². The van der Waals surface area contributed by atoms with E-state index in [4.69, 9.17) is 0 Å². The first-order valence-corrected chi connectivity index (χ1v) is 12.2. The Kier molecular flexibility index (Phi) is 5.33. The van der Waals surface area contributed by atoms with Crippen LogP contribution in [0.25, 0.3) is 0 Å². The van der Waals surface area contributed by atoms with Crippen LogP contribution in [0.15, 0.2) is 29.2 Å². The zero-order valence-electron chi connectivity index (χ0n) is 16.4. The van der Waals surface area contributed by atoms with Gasteiger partial charge < -0.3 is 4.90 Å². The van der Waals surface area contributed by atoms with Gasteiger partial charge >= 0.3 is 0 Å². The highest BCUT2D eigenvalue weighted by Gasteiger charge is 2.31. The first-order chi connectivity index (χ1) is 13.4. The molecule has 0 radical (unpaired) electrons. The quantitative estimate of drug-likeness (QED) is 0.754. The molecule has 1 saturated heterocycles. The van der Waals surface area contributed by atoms with Crippen molar-refractivity contribution in [2.75, 3.05) is 24.5 Å². The molecule has 0 atom stereocenters. The van der Waals surface area contributed by atoms with Gasteiger partial charge in [-0.3, -0.25) is 4.79 Å². The number of sulfonamides is 1. The lowest BCUT2D eigenvalue weighted by Gasteiger charge is -2.26. The van der Waals surface area contributed by atoms with Crippen LogP contribution in [0.3, 0.4) is 0 Å². The summed E-state index contributed by atoms with van der Waals surface area (Å²) in [5.74, 6) is 0.0122. The van der Waals surface area contributed by atoms with E-state index in [-0.39, 0.29) is 5.91 Å². The van der Waals surface area contributed by atoms with Gasteiger partial charge in [0.15, 0.2) is 0 Å². The largest absolute Gasteiger partial charge is 0.307 e. The van der Waals surface area contributed by atoms with E-state index in [2.05, 4.69) is 6.92 Å². The van der Waals surface area contributed by atoms with Gasteiger partial charge in [0, 0.05) is 30.2 Å². The maximum atomic E-state index is 13.0. The van der Waals surface area contributed by atoms with Crippen molar-refractivity contribution in [1.29, 1.82) is 0 Å². The van der Waals surface area contributed by atoms with E-state index in [1.165, 1.54) is 10.4 Å². The van der Waals surface area contributed by atoms with Crippen LogP contribution in [0.4, 0.5) is 5.69 Å². The zero-order chi connectivity index (χ0) is 19.9. The summed E-state index contributed by atoms with van der Waals surface area (Å²) in [4.78, 5) is 17.2. The van der Waals surface area contributed by atoms with Crippen LogP contribution in [0.5, 0.6) is 0 Å². The number of piperidine rings is 1. The lowest BCUT2D eigenvalue weighted by atomic mass is 10.2. The van der Waals surface area contributed by atoms with Gasteiger partial charge in [-0.1, -0.05) is 13.3 Å². The number of nitrogens with zero attached hydrogens (tertiary/aromatic N) is 2. The highest BCUT2D eigenvalue weighted by Crippen LogP contribution is 2.34. The summed E-state index contributed by atoms with van der Waals surface area (Å²) in [6, 6.07) is 7.20. The van der Waals surface area contributed by atoms with Gasteiger partial charge in [-0.15, -0.1) is 11.3 Å². The molecule has 0 saturated carbocycles. The Labute approximate surface area is 171 Å². The molecule has 1 aromatic carbocycles. The Morgan fingerprint density at radius 1 is 1.11 bits per heavy atom. The van der Waals surface area contributed by atoms with Gasteiger partial charge in [-0.25, -0.2) is 8.42 Å². The predicted octanol–water partition coefficient (Wildman–Crippen LogP) is 4.00. The smallest absolute Gasteiger partial charge is 0.268 e. The second kappa shape index (κ2) is 7.61. The number of hydrogen-bond donors (Lipinski definition) is 0. The van der Waals surface area contributed by atoms with Crippen LogP contribution < -0.4 is 4.90 Å². The number of hydrogen-bond acceptors (Lipinski definition) is 4. The standard InChI is InChI=1S/C21H26N2O3S2/c1-3-19-15(2)13-20(27-19)21(24)23-12-9-16-14-17(7-8-18(16)23)28(25,26)22-10-5-4-6-11-22/h7-8,13-14H,3-6,9-12H2,1-2H3. The summed E-state index contributed by atoms with van der Waals surface area (Å²) < 4.78 is 27.5. The van der Waals surface area contributed by atoms with Crippen LogP contribution >= 0.6 is 11.3 Å². The third-order valence-electron chi connectivity index (χ3n) is 5.70. The van der Waals surface area contributed by atoms with Crippen LogP contribution in [0.2, 0.25) is 0 Å². The fourth-order valence-corrected chi connectivity index (χ4v) is 6.74. The van der Waals surface area contributed by atoms with E-state index in [1.54, 1.807) is 38.7 Å². The van der Waals surface area contributed by atoms with E-state index in [0.717, 1.165) is 41.8 Å². The van der Waals surface area contributed by atoms with Crippen LogP contribution in [0.1, 0.15) is 51.9 Å². The lowest BCUT2D eigenvalue weighted by molar-refractivity contribution is 0.0993. The molecule has 28 heavy (non-hydrogen) atoms. The number of amides is 1. The van der Waals surface area contributed by atoms with Gasteiger partial charge in [0.05, 0.1) is 9.77 Å². The molecule has 2 aliphatic rings. The third-order valence-corrected chi connectivity index (χ3v) is 8.96. The van der Waals surface area contributed by atoms with Crippen molar-refractivity contribution in [3.05, 3.63) is 45.1 Å². The SMILES string of the molecule is CCc1sc(C(=O)N2CCc3cc(S(=O)(=O)N4CCCCC4)ccc32)cc1C. The summed E-state index contributed by atoms with van der Waals surface area (Å²) in [7, 11) is -3.45. The number of aryl methyl sites for hydroxylation is 2. The van der Waals surface area contributed by atoms with Crippen molar-refractivity contribution in [3.63, 3.8) is 0 Å². The minimum absolute atomic E-state index is 0.0122. The number of rotatable bonds is 4. The molecular weight excluding hydrogens is 392 g/mol. The molecule has 0 spiro atoms. The molecule has 150 valence electrons. The van der Waals surface area contributed by atoms with E-state index in [0.29, 0.717) is 31.0 Å². The molecule has 1 amide bonds. The van der Waals surface area contributed by atoms with Gasteiger partial charge in [-0.2, -0.15) is 4.31 Å². The fraction of sp³-hybridized carbons (Fsp3) is 0.476. The Morgan fingerprint density at radius 3 is 2.54 bits per heavy atom. The van der Waals surface area contributed by atoms with Gasteiger partial charge in [-0.05, 0) is 68.0 Å². The van der Waals surface area contributed by atoms with Crippen molar-refractivity contribution >= 4 is 33.0 Å². The molecule has 1 fully saturated rings. The van der Waals surface area contributed by atoms with Crippen molar-refractivity contribution in [2.24, 2.45) is 0 Å². The first kappa shape index (κ1) is 19.6. The normalized spacial score (nSPS) is 17.7. The lowest BCUT2D eigenvalue weighted by Crippen LogP contribution is -2.35. The maximum Gasteiger partial charge on any atom is 0.268 e. The minimum atomic E-state index is -3.45. The van der Waals surface area contributed by atoms with E-state index in [1.807, 2.05) is 13.0 Å². The minimum Gasteiger partial charge on any atom is -0.307 e. The van der Waals surface area contributed by atoms with E-state index in [9.17, 15) is 13.2 Å². The summed E-state index contributed by atoms with van der Waals surface area (Å²) in [6.45, 7) is 5.94. The average Bonchev–Trinajstić information content (AvgIpc) is 3.30. The Morgan fingerprint density at radius 2 is 1.86 bits per heavy atom. The van der Waals surface area contributed by atoms with Gasteiger partial charge in [0.25, 0.3) is 5.91 Å². The van der Waals surface area contributed by atoms with Crippen LogP contribution in [-0.4, -0.2) is 38.3 Å². The molecule has 3 heterocycles. The Bertz CT molecular complexity index is 1000. The topological polar surface area (TPSA) is 57.7 Å². The number of carbonyl (C=O) groups excluding carboxylic acids is 1. The first-order valence-electron chi connectivity index (χ1n) is 9.96. The third kappa shape index (κ3) is 3.40. The monoisotopic (exact) mass is 418 g/mol. The number of thiophene rings is 1. The number of anilines is 1. The molecule has 7 heteroatoms. The van der Waals surface area contributed by atoms with E-state index >= 15 is 0 Å². The second-order valence-corrected chi connectivity index (χ2v) is 10.6. The number of benzene rings is 1. The molecule has 4 rings (SSSR count). The maximum absolute atomic E-state index is 13.0. The van der Waals surface area contributed by atoms with Gasteiger partial charge in [0.1, 0.15) is 0 Å². The Balaban J connectivity index is 1.60. The van der Waals surface area contributed by atoms with Crippen molar-refractivity contribution < 1.29 is 13.2 Å². The molecule has 0 unspecified atom stereocenters. The summed E-state index contributed by atoms with van der Waals surface area (Å²) >= 11 is 1.56. The second-order valence-electron chi connectivity index (χ2n) is 7.53. The van der Waals surface area contributed by atoms with Gasteiger partial charge in [0.2, 0.25) is 10.0 Å². The van der Waals surface area contributed by atoms with Crippen LogP contribution in [-0.2, 0) is 22.9 Å². The molecule has 0 bridgehead atoms. The number of carbonyl (C=O) groups is 1. The predicted molar refractivity (Wildman–Crippen MR) is 113 cm³/mol. The molecule has 5 nitrogen and oxygen atoms in total. The number of fused-ring (bicyclic) bond motifs is 1. The highest BCUT2D eigenvalue weighted by molar-refractivity contribution is 7.89. The van der Waals surface area contributed by atoms with Crippen molar-refractivity contribution in [2.45, 2.75) is 50.8 Å². The highest BCUT2D eigenvalue weighted by atomic mass is 32.2. The molecule has 2 aromatic rings. The summed E-state index contributed by atoms with van der Waals surface area (Å²) in [6.07, 6.45) is 4.56. The summed E-state index contributed by atoms with van der Waals surface area (Å²) in [5, 5.41) is 0. The zero-order valence-corrected chi connectivity index (χ0v) is 18.0.